The van der Waals surface area contributed by atoms with Crippen molar-refractivity contribution in [1.82, 2.24) is 9.62 Å². The van der Waals surface area contributed by atoms with Gasteiger partial charge in [-0.3, -0.25) is 0 Å². The predicted octanol–water partition coefficient (Wildman–Crippen LogP) is 1.51. The van der Waals surface area contributed by atoms with Crippen LogP contribution in [0.25, 0.3) is 0 Å². The third kappa shape index (κ3) is 5.05. The molecule has 1 aliphatic rings. The number of aliphatic hydroxyl groups excluding tert-OH is 1. The highest BCUT2D eigenvalue weighted by Gasteiger charge is 2.27. The molecule has 2 N–H and O–H groups in total. The summed E-state index contributed by atoms with van der Waals surface area (Å²) in [5.41, 5.74) is 0.951. The van der Waals surface area contributed by atoms with Crippen LogP contribution in [0.15, 0.2) is 30.3 Å². The Bertz CT molecular complexity index is 548. The Morgan fingerprint density at radius 3 is 2.77 bits per heavy atom. The first-order valence-electron chi connectivity index (χ1n) is 7.90. The maximum atomic E-state index is 11.4. The monoisotopic (exact) mass is 326 g/mol. The zero-order valence-electron chi connectivity index (χ0n) is 13.1. The summed E-state index contributed by atoms with van der Waals surface area (Å²) >= 11 is 0. The number of aliphatic hydroxyl groups is 1. The van der Waals surface area contributed by atoms with Gasteiger partial charge < -0.3 is 10.0 Å². The van der Waals surface area contributed by atoms with E-state index < -0.39 is 16.1 Å². The summed E-state index contributed by atoms with van der Waals surface area (Å²) in [5.74, 6) is 0.161. The van der Waals surface area contributed by atoms with Gasteiger partial charge in [-0.25, -0.2) is 13.1 Å². The van der Waals surface area contributed by atoms with Crippen molar-refractivity contribution in [2.24, 2.45) is 0 Å². The number of hydrogen-bond donors (Lipinski definition) is 2. The number of benzene rings is 1. The van der Waals surface area contributed by atoms with Crippen molar-refractivity contribution < 1.29 is 13.5 Å². The molecule has 0 aromatic heterocycles. The first-order valence-corrected chi connectivity index (χ1v) is 9.55. The number of nitrogens with zero attached hydrogens (tertiary/aromatic N) is 1. The second-order valence-corrected chi connectivity index (χ2v) is 7.92. The van der Waals surface area contributed by atoms with Gasteiger partial charge in [0.2, 0.25) is 10.0 Å². The lowest BCUT2D eigenvalue weighted by atomic mass is 10.0. The van der Waals surface area contributed by atoms with Crippen molar-refractivity contribution in [3.8, 4) is 0 Å². The minimum atomic E-state index is -3.12. The Kier molecular flexibility index (Phi) is 6.37. The fraction of sp³-hybridized carbons (Fsp3) is 0.625. The van der Waals surface area contributed by atoms with E-state index in [1.807, 2.05) is 30.3 Å². The van der Waals surface area contributed by atoms with Crippen molar-refractivity contribution in [3.05, 3.63) is 35.9 Å². The summed E-state index contributed by atoms with van der Waals surface area (Å²) in [7, 11) is -1.67. The molecule has 0 saturated carbocycles. The molecule has 22 heavy (non-hydrogen) atoms. The maximum Gasteiger partial charge on any atom is 0.211 e. The summed E-state index contributed by atoms with van der Waals surface area (Å²) in [6.45, 7) is 1.76. The molecule has 0 aliphatic carbocycles. The molecule has 1 saturated heterocycles. The highest BCUT2D eigenvalue weighted by atomic mass is 32.2. The van der Waals surface area contributed by atoms with Crippen LogP contribution in [0.5, 0.6) is 0 Å². The predicted molar refractivity (Wildman–Crippen MR) is 88.1 cm³/mol. The first kappa shape index (κ1) is 17.4. The summed E-state index contributed by atoms with van der Waals surface area (Å²) in [6.07, 6.45) is 3.07. The molecule has 0 amide bonds. The highest BCUT2D eigenvalue weighted by Crippen LogP contribution is 2.27. The van der Waals surface area contributed by atoms with Crippen molar-refractivity contribution in [2.75, 3.05) is 25.9 Å². The van der Waals surface area contributed by atoms with Crippen LogP contribution in [0.1, 0.15) is 37.4 Å². The van der Waals surface area contributed by atoms with Crippen LogP contribution in [-0.2, 0) is 10.0 Å². The molecule has 1 fully saturated rings. The summed E-state index contributed by atoms with van der Waals surface area (Å²) in [6, 6.07) is 10.1. The largest absolute Gasteiger partial charge is 0.388 e. The molecule has 1 aromatic rings. The van der Waals surface area contributed by atoms with Crippen LogP contribution in [0, 0.1) is 0 Å². The first-order chi connectivity index (χ1) is 10.5. The zero-order valence-corrected chi connectivity index (χ0v) is 13.9. The van der Waals surface area contributed by atoms with Gasteiger partial charge in [0.15, 0.2) is 0 Å². The van der Waals surface area contributed by atoms with Gasteiger partial charge in [-0.05, 0) is 51.4 Å². The molecule has 1 heterocycles. The summed E-state index contributed by atoms with van der Waals surface area (Å²) < 4.78 is 25.2. The number of nitrogens with one attached hydrogen (secondary N) is 1. The standard InChI is InChI=1S/C16H26N2O3S/c1-17-22(20,21)12-6-11-18-10-5-9-15(18)13-16(19)14-7-3-2-4-8-14/h2-4,7-8,15-17,19H,5-6,9-13H2,1H3. The highest BCUT2D eigenvalue weighted by molar-refractivity contribution is 7.89. The molecule has 2 atom stereocenters. The van der Waals surface area contributed by atoms with E-state index >= 15 is 0 Å². The molecule has 6 heteroatoms. The van der Waals surface area contributed by atoms with Crippen LogP contribution >= 0.6 is 0 Å². The number of likely N-dealkylation sites (tertiary alicyclic amines) is 1. The zero-order chi connectivity index (χ0) is 16.0. The Labute approximate surface area is 133 Å². The van der Waals surface area contributed by atoms with Crippen LogP contribution in [-0.4, -0.2) is 50.4 Å². The SMILES string of the molecule is CNS(=O)(=O)CCCN1CCCC1CC(O)c1ccccc1. The normalized spacial score (nSPS) is 21.1. The Hall–Kier alpha value is -0.950. The molecular formula is C16H26N2O3S. The molecule has 0 bridgehead atoms. The minimum absolute atomic E-state index is 0.161. The summed E-state index contributed by atoms with van der Waals surface area (Å²) in [4.78, 5) is 2.32. The second-order valence-electron chi connectivity index (χ2n) is 5.87. The number of sulfonamides is 1. The van der Waals surface area contributed by atoms with Gasteiger partial charge in [-0.1, -0.05) is 30.3 Å². The summed E-state index contributed by atoms with van der Waals surface area (Å²) in [5, 5.41) is 10.4. The van der Waals surface area contributed by atoms with E-state index in [2.05, 4.69) is 9.62 Å². The van der Waals surface area contributed by atoms with E-state index in [4.69, 9.17) is 0 Å². The Morgan fingerprint density at radius 1 is 1.36 bits per heavy atom. The third-order valence-electron chi connectivity index (χ3n) is 4.35. The van der Waals surface area contributed by atoms with E-state index in [1.165, 1.54) is 7.05 Å². The quantitative estimate of drug-likeness (QED) is 0.760. The smallest absolute Gasteiger partial charge is 0.211 e. The lowest BCUT2D eigenvalue weighted by Gasteiger charge is -2.26. The van der Waals surface area contributed by atoms with Gasteiger partial charge in [0.1, 0.15) is 0 Å². The van der Waals surface area contributed by atoms with E-state index in [9.17, 15) is 13.5 Å². The fourth-order valence-electron chi connectivity index (χ4n) is 3.09. The van der Waals surface area contributed by atoms with Crippen molar-refractivity contribution in [3.63, 3.8) is 0 Å². The molecule has 2 unspecified atom stereocenters. The van der Waals surface area contributed by atoms with Crippen LogP contribution < -0.4 is 4.72 Å². The van der Waals surface area contributed by atoms with Gasteiger partial charge in [-0.2, -0.15) is 0 Å². The molecule has 5 nitrogen and oxygen atoms in total. The van der Waals surface area contributed by atoms with Crippen molar-refractivity contribution in [1.29, 1.82) is 0 Å². The fourth-order valence-corrected chi connectivity index (χ4v) is 3.80. The number of hydrogen-bond acceptors (Lipinski definition) is 4. The molecule has 1 aliphatic heterocycles. The topological polar surface area (TPSA) is 69.6 Å². The van der Waals surface area contributed by atoms with E-state index in [-0.39, 0.29) is 5.75 Å². The van der Waals surface area contributed by atoms with Crippen LogP contribution in [0.4, 0.5) is 0 Å². The van der Waals surface area contributed by atoms with E-state index in [0.29, 0.717) is 18.9 Å². The lowest BCUT2D eigenvalue weighted by Crippen LogP contribution is -2.33. The lowest BCUT2D eigenvalue weighted by molar-refractivity contribution is 0.121. The molecule has 0 spiro atoms. The van der Waals surface area contributed by atoms with Gasteiger partial charge in [0, 0.05) is 6.04 Å². The average molecular weight is 326 g/mol. The molecule has 124 valence electrons. The van der Waals surface area contributed by atoms with Gasteiger partial charge in [0.05, 0.1) is 11.9 Å². The van der Waals surface area contributed by atoms with Gasteiger partial charge >= 0.3 is 0 Å². The van der Waals surface area contributed by atoms with Crippen LogP contribution in [0.2, 0.25) is 0 Å². The molecule has 0 radical (unpaired) electrons. The van der Waals surface area contributed by atoms with Crippen LogP contribution in [0.3, 0.4) is 0 Å². The average Bonchev–Trinajstić information content (AvgIpc) is 2.95. The Balaban J connectivity index is 1.83. The molecule has 2 rings (SSSR count). The number of rotatable bonds is 8. The maximum absolute atomic E-state index is 11.4. The van der Waals surface area contributed by atoms with Gasteiger partial charge in [0.25, 0.3) is 0 Å². The van der Waals surface area contributed by atoms with E-state index in [1.54, 1.807) is 0 Å². The van der Waals surface area contributed by atoms with E-state index in [0.717, 1.165) is 31.5 Å². The molecule has 1 aromatic carbocycles. The van der Waals surface area contributed by atoms with Crippen molar-refractivity contribution in [2.45, 2.75) is 37.8 Å². The third-order valence-corrected chi connectivity index (χ3v) is 5.80. The van der Waals surface area contributed by atoms with Crippen molar-refractivity contribution >= 4 is 10.0 Å². The minimum Gasteiger partial charge on any atom is -0.388 e. The van der Waals surface area contributed by atoms with Gasteiger partial charge in [-0.15, -0.1) is 0 Å². The Morgan fingerprint density at radius 2 is 2.09 bits per heavy atom. The molecular weight excluding hydrogens is 300 g/mol. The second kappa shape index (κ2) is 8.06.